The summed E-state index contributed by atoms with van der Waals surface area (Å²) in [5.41, 5.74) is 0. The monoisotopic (exact) mass is 577 g/mol. The summed E-state index contributed by atoms with van der Waals surface area (Å²) in [5.74, 6) is 2.21. The number of rotatable bonds is 35. The average Bonchev–Trinajstić information content (AvgIpc) is 2.97. The summed E-state index contributed by atoms with van der Waals surface area (Å²) >= 11 is 0. The molecule has 0 aromatic heterocycles. The molecule has 41 heavy (non-hydrogen) atoms. The molecule has 0 rings (SSSR count). The van der Waals surface area contributed by atoms with E-state index in [1.807, 2.05) is 0 Å². The number of carbonyl (C=O) groups is 1. The van der Waals surface area contributed by atoms with Crippen LogP contribution in [-0.4, -0.2) is 5.78 Å². The standard InChI is InChI=1S/C40H80O/c1-5-9-13-16-19-23-26-32-38(31-12-8-4)33-27-24-20-25-30-36-40(41)37-39(34-28-21-17-14-10-6-2)35-29-22-18-15-11-7-3/h38-39H,5-37H2,1-4H3. The molecule has 246 valence electrons. The van der Waals surface area contributed by atoms with Crippen LogP contribution in [0.1, 0.15) is 240 Å². The van der Waals surface area contributed by atoms with E-state index in [0.29, 0.717) is 11.7 Å². The predicted molar refractivity (Wildman–Crippen MR) is 187 cm³/mol. The van der Waals surface area contributed by atoms with Crippen molar-refractivity contribution in [2.45, 2.75) is 240 Å². The van der Waals surface area contributed by atoms with Crippen LogP contribution in [0.2, 0.25) is 0 Å². The van der Waals surface area contributed by atoms with Crippen LogP contribution >= 0.6 is 0 Å². The summed E-state index contributed by atoms with van der Waals surface area (Å²) in [6.07, 6.45) is 44.5. The fraction of sp³-hybridized carbons (Fsp3) is 0.975. The van der Waals surface area contributed by atoms with Gasteiger partial charge in [0.2, 0.25) is 0 Å². The lowest BCUT2D eigenvalue weighted by Crippen LogP contribution is -2.09. The number of carbonyl (C=O) groups excluding carboxylic acids is 1. The topological polar surface area (TPSA) is 17.1 Å². The number of unbranched alkanes of at least 4 members (excludes halogenated alkanes) is 21. The van der Waals surface area contributed by atoms with Crippen molar-refractivity contribution in [2.75, 3.05) is 0 Å². The van der Waals surface area contributed by atoms with Crippen molar-refractivity contribution in [3.63, 3.8) is 0 Å². The molecule has 0 fully saturated rings. The Morgan fingerprint density at radius 1 is 0.341 bits per heavy atom. The molecule has 0 aliphatic heterocycles. The van der Waals surface area contributed by atoms with Crippen LogP contribution in [0.15, 0.2) is 0 Å². The lowest BCUT2D eigenvalue weighted by molar-refractivity contribution is -0.120. The molecule has 0 heterocycles. The second kappa shape index (κ2) is 34.2. The number of hydrogen-bond donors (Lipinski definition) is 0. The third-order valence-electron chi connectivity index (χ3n) is 9.70. The smallest absolute Gasteiger partial charge is 0.133 e. The largest absolute Gasteiger partial charge is 0.300 e. The fourth-order valence-electron chi connectivity index (χ4n) is 6.80. The van der Waals surface area contributed by atoms with Crippen molar-refractivity contribution in [1.29, 1.82) is 0 Å². The highest BCUT2D eigenvalue weighted by atomic mass is 16.1. The zero-order valence-electron chi connectivity index (χ0n) is 29.4. The van der Waals surface area contributed by atoms with Gasteiger partial charge in [-0.05, 0) is 18.3 Å². The summed E-state index contributed by atoms with van der Waals surface area (Å²) < 4.78 is 0. The molecule has 1 heteroatoms. The van der Waals surface area contributed by atoms with Gasteiger partial charge in [0.1, 0.15) is 5.78 Å². The van der Waals surface area contributed by atoms with Gasteiger partial charge in [0.15, 0.2) is 0 Å². The van der Waals surface area contributed by atoms with Crippen LogP contribution in [0, 0.1) is 11.8 Å². The molecule has 0 saturated heterocycles. The van der Waals surface area contributed by atoms with Gasteiger partial charge in [0.25, 0.3) is 0 Å². The average molecular weight is 577 g/mol. The third-order valence-corrected chi connectivity index (χ3v) is 9.70. The van der Waals surface area contributed by atoms with Crippen molar-refractivity contribution in [1.82, 2.24) is 0 Å². The van der Waals surface area contributed by atoms with E-state index < -0.39 is 0 Å². The van der Waals surface area contributed by atoms with Crippen LogP contribution in [0.4, 0.5) is 0 Å². The highest BCUT2D eigenvalue weighted by Gasteiger charge is 2.14. The van der Waals surface area contributed by atoms with Crippen molar-refractivity contribution < 1.29 is 4.79 Å². The summed E-state index contributed by atoms with van der Waals surface area (Å²) in [6, 6.07) is 0. The Labute approximate surface area is 261 Å². The van der Waals surface area contributed by atoms with E-state index in [2.05, 4.69) is 27.7 Å². The molecule has 0 saturated carbocycles. The maximum absolute atomic E-state index is 12.9. The summed E-state index contributed by atoms with van der Waals surface area (Å²) in [6.45, 7) is 9.25. The SMILES string of the molecule is CCCCCCCCCC(CCCC)CCCCCCCC(=O)CC(CCCCCCCC)CCCCCCCC. The van der Waals surface area contributed by atoms with Gasteiger partial charge in [-0.3, -0.25) is 4.79 Å². The summed E-state index contributed by atoms with van der Waals surface area (Å²) in [5, 5.41) is 0. The van der Waals surface area contributed by atoms with E-state index in [4.69, 9.17) is 0 Å². The van der Waals surface area contributed by atoms with E-state index in [1.54, 1.807) is 0 Å². The lowest BCUT2D eigenvalue weighted by Gasteiger charge is -2.17. The predicted octanol–water partition coefficient (Wildman–Crippen LogP) is 14.7. The van der Waals surface area contributed by atoms with Crippen molar-refractivity contribution in [3.05, 3.63) is 0 Å². The van der Waals surface area contributed by atoms with Gasteiger partial charge in [0, 0.05) is 12.8 Å². The first-order valence-electron chi connectivity index (χ1n) is 19.7. The van der Waals surface area contributed by atoms with Gasteiger partial charge < -0.3 is 0 Å². The molecule has 0 bridgehead atoms. The molecule has 0 aromatic carbocycles. The fourth-order valence-corrected chi connectivity index (χ4v) is 6.80. The molecule has 0 aliphatic rings. The zero-order valence-corrected chi connectivity index (χ0v) is 29.4. The number of hydrogen-bond acceptors (Lipinski definition) is 1. The molecule has 1 atom stereocenters. The number of Topliss-reactive ketones (excluding diaryl/α,β-unsaturated/α-hetero) is 1. The highest BCUT2D eigenvalue weighted by Crippen LogP contribution is 2.25. The van der Waals surface area contributed by atoms with Crippen molar-refractivity contribution in [3.8, 4) is 0 Å². The Hall–Kier alpha value is -0.330. The van der Waals surface area contributed by atoms with Crippen LogP contribution in [0.25, 0.3) is 0 Å². The second-order valence-electron chi connectivity index (χ2n) is 13.9. The quantitative estimate of drug-likeness (QED) is 0.0686. The van der Waals surface area contributed by atoms with Crippen LogP contribution in [0.3, 0.4) is 0 Å². The molecule has 0 aliphatic carbocycles. The molecule has 1 unspecified atom stereocenters. The molecule has 0 N–H and O–H groups in total. The van der Waals surface area contributed by atoms with Gasteiger partial charge in [-0.2, -0.15) is 0 Å². The highest BCUT2D eigenvalue weighted by molar-refractivity contribution is 5.78. The van der Waals surface area contributed by atoms with Gasteiger partial charge in [-0.25, -0.2) is 0 Å². The van der Waals surface area contributed by atoms with Crippen LogP contribution in [0.5, 0.6) is 0 Å². The van der Waals surface area contributed by atoms with Gasteiger partial charge >= 0.3 is 0 Å². The minimum Gasteiger partial charge on any atom is -0.300 e. The van der Waals surface area contributed by atoms with Gasteiger partial charge in [-0.1, -0.05) is 220 Å². The summed E-state index contributed by atoms with van der Waals surface area (Å²) in [7, 11) is 0. The third kappa shape index (κ3) is 30.9. The molecule has 0 radical (unpaired) electrons. The van der Waals surface area contributed by atoms with E-state index in [1.165, 1.54) is 193 Å². The molecule has 1 nitrogen and oxygen atoms in total. The van der Waals surface area contributed by atoms with Crippen LogP contribution < -0.4 is 0 Å². The Morgan fingerprint density at radius 2 is 0.634 bits per heavy atom. The number of ketones is 1. The van der Waals surface area contributed by atoms with E-state index in [9.17, 15) is 4.79 Å². The van der Waals surface area contributed by atoms with Gasteiger partial charge in [0.05, 0.1) is 0 Å². The minimum atomic E-state index is 0.571. The van der Waals surface area contributed by atoms with E-state index >= 15 is 0 Å². The maximum Gasteiger partial charge on any atom is 0.133 e. The minimum absolute atomic E-state index is 0.571. The molecule has 0 spiro atoms. The summed E-state index contributed by atoms with van der Waals surface area (Å²) in [4.78, 5) is 12.9. The van der Waals surface area contributed by atoms with E-state index in [-0.39, 0.29) is 0 Å². The first-order valence-corrected chi connectivity index (χ1v) is 19.7. The van der Waals surface area contributed by atoms with Crippen molar-refractivity contribution in [2.24, 2.45) is 11.8 Å². The second-order valence-corrected chi connectivity index (χ2v) is 13.9. The molecule has 0 aromatic rings. The molecule has 0 amide bonds. The first kappa shape index (κ1) is 40.7. The van der Waals surface area contributed by atoms with Crippen molar-refractivity contribution >= 4 is 5.78 Å². The molecular weight excluding hydrogens is 496 g/mol. The van der Waals surface area contributed by atoms with Gasteiger partial charge in [-0.15, -0.1) is 0 Å². The Bertz CT molecular complexity index is 481. The Morgan fingerprint density at radius 3 is 1.02 bits per heavy atom. The Kier molecular flexibility index (Phi) is 33.9. The maximum atomic E-state index is 12.9. The van der Waals surface area contributed by atoms with Crippen LogP contribution in [-0.2, 0) is 4.79 Å². The lowest BCUT2D eigenvalue weighted by atomic mass is 9.88. The normalized spacial score (nSPS) is 12.4. The Balaban J connectivity index is 4.09. The zero-order chi connectivity index (χ0) is 30.1. The first-order chi connectivity index (χ1) is 20.2. The van der Waals surface area contributed by atoms with E-state index in [0.717, 1.165) is 25.2 Å². The molecular formula is C40H80O.